The van der Waals surface area contributed by atoms with Crippen LogP contribution in [-0.4, -0.2) is 12.9 Å². The number of hydrogen-bond acceptors (Lipinski definition) is 6. The van der Waals surface area contributed by atoms with E-state index in [0.717, 1.165) is 22.7 Å². The van der Waals surface area contributed by atoms with Gasteiger partial charge in [-0.2, -0.15) is 16.6 Å². The number of nitrogens with two attached hydrogens (primary N) is 1. The second-order valence-corrected chi connectivity index (χ2v) is 9.02. The molecule has 1 atom stereocenters. The minimum atomic E-state index is -0.403. The fourth-order valence-electron chi connectivity index (χ4n) is 4.31. The number of ketones is 1. The van der Waals surface area contributed by atoms with Gasteiger partial charge in [0, 0.05) is 23.4 Å². The van der Waals surface area contributed by atoms with Gasteiger partial charge in [-0.05, 0) is 58.5 Å². The van der Waals surface area contributed by atoms with Gasteiger partial charge in [-0.3, -0.25) is 9.69 Å². The number of Topliss-reactive ketones (excluding diaryl/α,β-unsaturated/α-hetero) is 1. The highest BCUT2D eigenvalue weighted by atomic mass is 32.1. The molecular weight excluding hydrogens is 382 g/mol. The van der Waals surface area contributed by atoms with Crippen LogP contribution in [0.2, 0.25) is 0 Å². The summed E-state index contributed by atoms with van der Waals surface area (Å²) in [6.45, 7) is 4.19. The number of anilines is 1. The van der Waals surface area contributed by atoms with E-state index in [4.69, 9.17) is 10.5 Å². The average Bonchev–Trinajstić information content (AvgIpc) is 3.21. The van der Waals surface area contributed by atoms with Gasteiger partial charge in [-0.25, -0.2) is 0 Å². The molecule has 0 saturated heterocycles. The fourth-order valence-corrected chi connectivity index (χ4v) is 4.99. The summed E-state index contributed by atoms with van der Waals surface area (Å²) in [5, 5.41) is 14.0. The molecular formula is C23H23N3O2S. The summed E-state index contributed by atoms with van der Waals surface area (Å²) >= 11 is 1.55. The summed E-state index contributed by atoms with van der Waals surface area (Å²) in [6.07, 6.45) is 1.17. The highest BCUT2D eigenvalue weighted by molar-refractivity contribution is 7.08. The smallest absolute Gasteiger partial charge is 0.162 e. The topological polar surface area (TPSA) is 79.3 Å². The Kier molecular flexibility index (Phi) is 4.71. The lowest BCUT2D eigenvalue weighted by atomic mass is 9.69. The van der Waals surface area contributed by atoms with E-state index in [1.807, 2.05) is 46.0 Å². The normalized spacial score (nSPS) is 21.1. The van der Waals surface area contributed by atoms with Gasteiger partial charge in [0.25, 0.3) is 0 Å². The van der Waals surface area contributed by atoms with Crippen molar-refractivity contribution in [2.24, 2.45) is 11.1 Å². The van der Waals surface area contributed by atoms with Crippen molar-refractivity contribution in [3.63, 3.8) is 0 Å². The van der Waals surface area contributed by atoms with Gasteiger partial charge in [0.1, 0.15) is 11.6 Å². The van der Waals surface area contributed by atoms with Crippen LogP contribution >= 0.6 is 11.3 Å². The van der Waals surface area contributed by atoms with E-state index in [9.17, 15) is 10.1 Å². The number of allylic oxidation sites excluding steroid dienone is 3. The Bertz CT molecular complexity index is 1060. The first-order chi connectivity index (χ1) is 13.9. The van der Waals surface area contributed by atoms with Gasteiger partial charge in [0.15, 0.2) is 5.78 Å². The van der Waals surface area contributed by atoms with E-state index in [-0.39, 0.29) is 11.2 Å². The number of benzene rings is 1. The molecule has 1 aromatic carbocycles. The van der Waals surface area contributed by atoms with Crippen molar-refractivity contribution < 1.29 is 9.53 Å². The Morgan fingerprint density at radius 1 is 1.24 bits per heavy atom. The molecule has 0 unspecified atom stereocenters. The first-order valence-electron chi connectivity index (χ1n) is 9.48. The summed E-state index contributed by atoms with van der Waals surface area (Å²) in [5.41, 5.74) is 10.2. The summed E-state index contributed by atoms with van der Waals surface area (Å²) in [5.74, 6) is 0.808. The number of nitriles is 1. The van der Waals surface area contributed by atoms with Crippen LogP contribution in [0.1, 0.15) is 38.2 Å². The molecule has 5 nitrogen and oxygen atoms in total. The number of carbonyl (C=O) groups excluding carboxylic acids is 1. The number of thiophene rings is 1. The van der Waals surface area contributed by atoms with E-state index in [1.54, 1.807) is 18.4 Å². The molecule has 4 rings (SSSR count). The molecule has 148 valence electrons. The first-order valence-corrected chi connectivity index (χ1v) is 10.4. The Labute approximate surface area is 174 Å². The van der Waals surface area contributed by atoms with Gasteiger partial charge in [-0.1, -0.05) is 13.8 Å². The van der Waals surface area contributed by atoms with Crippen LogP contribution in [-0.2, 0) is 4.79 Å². The van der Waals surface area contributed by atoms with E-state index in [2.05, 4.69) is 19.9 Å². The molecule has 2 aromatic rings. The average molecular weight is 406 g/mol. The molecule has 0 amide bonds. The van der Waals surface area contributed by atoms with Crippen molar-refractivity contribution in [3.8, 4) is 11.8 Å². The number of nitrogens with zero attached hydrogens (tertiary/aromatic N) is 2. The van der Waals surface area contributed by atoms with Gasteiger partial charge in [0.2, 0.25) is 0 Å². The third kappa shape index (κ3) is 3.22. The summed E-state index contributed by atoms with van der Waals surface area (Å²) < 4.78 is 5.27. The predicted octanol–water partition coefficient (Wildman–Crippen LogP) is 4.70. The summed E-state index contributed by atoms with van der Waals surface area (Å²) in [6, 6.07) is 11.8. The first kappa shape index (κ1) is 19.3. The lowest BCUT2D eigenvalue weighted by Gasteiger charge is -2.43. The molecule has 1 aromatic heterocycles. The molecule has 0 bridgehead atoms. The van der Waals surface area contributed by atoms with E-state index >= 15 is 0 Å². The monoisotopic (exact) mass is 405 g/mol. The zero-order chi connectivity index (χ0) is 20.8. The molecule has 0 fully saturated rings. The lowest BCUT2D eigenvalue weighted by Crippen LogP contribution is -2.42. The van der Waals surface area contributed by atoms with Crippen LogP contribution < -0.4 is 15.4 Å². The maximum atomic E-state index is 13.3. The Morgan fingerprint density at radius 3 is 2.55 bits per heavy atom. The Balaban J connectivity index is 1.96. The standard InChI is InChI=1S/C23H23N3O2S/c1-23(2)10-18-21(19(27)11-23)20(14-8-9-29-13-14)17(12-24)22(25)26(18)15-4-6-16(28-3)7-5-15/h4-9,13,20H,10-11,25H2,1-3H3/t20-/m0/s1. The minimum Gasteiger partial charge on any atom is -0.497 e. The van der Waals surface area contributed by atoms with Crippen LogP contribution in [0, 0.1) is 16.7 Å². The van der Waals surface area contributed by atoms with Crippen LogP contribution in [0.4, 0.5) is 5.69 Å². The summed E-state index contributed by atoms with van der Waals surface area (Å²) in [7, 11) is 1.62. The van der Waals surface area contributed by atoms with Gasteiger partial charge in [0.05, 0.1) is 24.7 Å². The fraction of sp³-hybridized carbons (Fsp3) is 0.304. The summed E-state index contributed by atoms with van der Waals surface area (Å²) in [4.78, 5) is 15.2. The van der Waals surface area contributed by atoms with E-state index < -0.39 is 5.92 Å². The van der Waals surface area contributed by atoms with Crippen molar-refractivity contribution in [3.05, 3.63) is 69.3 Å². The van der Waals surface area contributed by atoms with Gasteiger partial charge < -0.3 is 10.5 Å². The van der Waals surface area contributed by atoms with Gasteiger partial charge in [-0.15, -0.1) is 0 Å². The third-order valence-corrected chi connectivity index (χ3v) is 6.29. The Morgan fingerprint density at radius 2 is 1.97 bits per heavy atom. The zero-order valence-corrected chi connectivity index (χ0v) is 17.5. The SMILES string of the molecule is COc1ccc(N2C(N)=C(C#N)[C@H](c3ccsc3)C3=C2CC(C)(C)CC3=O)cc1. The number of carbonyl (C=O) groups is 1. The zero-order valence-electron chi connectivity index (χ0n) is 16.7. The molecule has 2 N–H and O–H groups in total. The van der Waals surface area contributed by atoms with Crippen LogP contribution in [0.15, 0.2) is 63.8 Å². The molecule has 1 aliphatic carbocycles. The predicted molar refractivity (Wildman–Crippen MR) is 114 cm³/mol. The molecule has 1 aliphatic heterocycles. The second kappa shape index (κ2) is 7.09. The second-order valence-electron chi connectivity index (χ2n) is 8.24. The highest BCUT2D eigenvalue weighted by Crippen LogP contribution is 2.50. The minimum absolute atomic E-state index is 0.0891. The Hall–Kier alpha value is -3.04. The number of methoxy groups -OCH3 is 1. The molecule has 2 heterocycles. The molecule has 6 heteroatoms. The van der Waals surface area contributed by atoms with Crippen molar-refractivity contribution in [1.29, 1.82) is 5.26 Å². The lowest BCUT2D eigenvalue weighted by molar-refractivity contribution is -0.118. The third-order valence-electron chi connectivity index (χ3n) is 5.59. The van der Waals surface area contributed by atoms with Crippen LogP contribution in [0.3, 0.4) is 0 Å². The number of ether oxygens (including phenoxy) is 1. The van der Waals surface area contributed by atoms with Crippen molar-refractivity contribution in [2.45, 2.75) is 32.6 Å². The highest BCUT2D eigenvalue weighted by Gasteiger charge is 2.44. The molecule has 0 saturated carbocycles. The van der Waals surface area contributed by atoms with Crippen LogP contribution in [0.5, 0.6) is 5.75 Å². The molecule has 29 heavy (non-hydrogen) atoms. The van der Waals surface area contributed by atoms with Crippen LogP contribution in [0.25, 0.3) is 0 Å². The largest absolute Gasteiger partial charge is 0.497 e. The molecule has 0 spiro atoms. The molecule has 2 aliphatic rings. The maximum Gasteiger partial charge on any atom is 0.162 e. The van der Waals surface area contributed by atoms with Crippen molar-refractivity contribution in [2.75, 3.05) is 12.0 Å². The van der Waals surface area contributed by atoms with E-state index in [0.29, 0.717) is 29.8 Å². The van der Waals surface area contributed by atoms with Gasteiger partial charge >= 0.3 is 0 Å². The number of rotatable bonds is 3. The maximum absolute atomic E-state index is 13.3. The van der Waals surface area contributed by atoms with Crippen molar-refractivity contribution >= 4 is 22.8 Å². The van der Waals surface area contributed by atoms with E-state index in [1.165, 1.54) is 0 Å². The van der Waals surface area contributed by atoms with Crippen molar-refractivity contribution in [1.82, 2.24) is 0 Å². The quantitative estimate of drug-likeness (QED) is 0.801. The number of hydrogen-bond donors (Lipinski definition) is 1. The molecule has 0 radical (unpaired) electrons.